The van der Waals surface area contributed by atoms with E-state index in [2.05, 4.69) is 9.71 Å². The number of sulfonamides is 1. The normalized spacial score (nSPS) is 12.2. The lowest BCUT2D eigenvalue weighted by atomic mass is 10.3. The maximum Gasteiger partial charge on any atom is 0.243 e. The van der Waals surface area contributed by atoms with Crippen LogP contribution in [-0.2, 0) is 10.0 Å². The van der Waals surface area contributed by atoms with Gasteiger partial charge in [0, 0.05) is 11.1 Å². The Morgan fingerprint density at radius 2 is 2.19 bits per heavy atom. The Bertz CT molecular complexity index is 649. The molecule has 4 nitrogen and oxygen atoms in total. The van der Waals surface area contributed by atoms with Gasteiger partial charge in [-0.1, -0.05) is 11.6 Å². The largest absolute Gasteiger partial charge is 0.251 e. The third-order valence-electron chi connectivity index (χ3n) is 2.13. The number of nitrogens with one attached hydrogen (secondary N) is 1. The molecule has 0 radical (unpaired) electrons. The first kappa shape index (κ1) is 11.8. The van der Waals surface area contributed by atoms with Crippen molar-refractivity contribution in [3.8, 4) is 0 Å². The van der Waals surface area contributed by atoms with Crippen molar-refractivity contribution >= 4 is 43.2 Å². The van der Waals surface area contributed by atoms with Crippen LogP contribution in [0.2, 0.25) is 5.02 Å². The number of halogens is 1. The van der Waals surface area contributed by atoms with E-state index in [-0.39, 0.29) is 4.90 Å². The van der Waals surface area contributed by atoms with Crippen molar-refractivity contribution < 1.29 is 8.42 Å². The number of thiophene rings is 1. The van der Waals surface area contributed by atoms with Gasteiger partial charge < -0.3 is 0 Å². The molecule has 0 unspecified atom stereocenters. The second kappa shape index (κ2) is 3.96. The lowest BCUT2D eigenvalue weighted by molar-refractivity contribution is 0.589. The van der Waals surface area contributed by atoms with Gasteiger partial charge in [-0.25, -0.2) is 13.1 Å². The number of aryl methyl sites for hydroxylation is 1. The summed E-state index contributed by atoms with van der Waals surface area (Å²) in [5, 5.41) is 2.08. The first-order valence-electron chi connectivity index (χ1n) is 4.43. The van der Waals surface area contributed by atoms with Crippen molar-refractivity contribution in [3.63, 3.8) is 0 Å². The van der Waals surface area contributed by atoms with Gasteiger partial charge >= 0.3 is 0 Å². The molecule has 0 fully saturated rings. The van der Waals surface area contributed by atoms with Gasteiger partial charge in [0.2, 0.25) is 10.0 Å². The highest BCUT2D eigenvalue weighted by atomic mass is 35.5. The van der Waals surface area contributed by atoms with Gasteiger partial charge in [-0.05, 0) is 20.0 Å². The highest BCUT2D eigenvalue weighted by molar-refractivity contribution is 7.89. The monoisotopic (exact) mass is 276 g/mol. The standard InChI is InChI=1S/C9H9ClN2O2S2/c1-5-3-6(10)9-8(12-5)7(4-15-9)16(13,14)11-2/h3-4,11H,1-2H3. The number of aromatic nitrogens is 1. The van der Waals surface area contributed by atoms with Gasteiger partial charge in [0.1, 0.15) is 10.4 Å². The van der Waals surface area contributed by atoms with Crippen LogP contribution in [0.4, 0.5) is 0 Å². The predicted octanol–water partition coefficient (Wildman–Crippen LogP) is 2.17. The smallest absolute Gasteiger partial charge is 0.243 e. The van der Waals surface area contributed by atoms with E-state index in [9.17, 15) is 8.42 Å². The summed E-state index contributed by atoms with van der Waals surface area (Å²) in [6, 6.07) is 1.72. The van der Waals surface area contributed by atoms with Crippen LogP contribution < -0.4 is 4.72 Å². The summed E-state index contributed by atoms with van der Waals surface area (Å²) in [7, 11) is -2.10. The molecule has 0 aromatic carbocycles. The summed E-state index contributed by atoms with van der Waals surface area (Å²) in [5.41, 5.74) is 1.13. The summed E-state index contributed by atoms with van der Waals surface area (Å²) < 4.78 is 26.4. The summed E-state index contributed by atoms with van der Waals surface area (Å²) in [6.07, 6.45) is 0. The molecular weight excluding hydrogens is 268 g/mol. The van der Waals surface area contributed by atoms with Crippen molar-refractivity contribution in [2.45, 2.75) is 11.8 Å². The van der Waals surface area contributed by atoms with Crippen LogP contribution in [-0.4, -0.2) is 20.4 Å². The minimum absolute atomic E-state index is 0.181. The molecule has 0 saturated carbocycles. The van der Waals surface area contributed by atoms with Gasteiger partial charge in [-0.2, -0.15) is 0 Å². The molecule has 7 heteroatoms. The summed E-state index contributed by atoms with van der Waals surface area (Å²) >= 11 is 7.30. The average Bonchev–Trinajstić information content (AvgIpc) is 2.62. The molecule has 2 aromatic heterocycles. The van der Waals surface area contributed by atoms with E-state index in [0.29, 0.717) is 20.9 Å². The highest BCUT2D eigenvalue weighted by Crippen LogP contribution is 2.33. The molecule has 86 valence electrons. The van der Waals surface area contributed by atoms with Crippen molar-refractivity contribution in [2.24, 2.45) is 0 Å². The maximum absolute atomic E-state index is 11.7. The molecule has 0 aliphatic rings. The van der Waals surface area contributed by atoms with Gasteiger partial charge in [-0.3, -0.25) is 4.98 Å². The lowest BCUT2D eigenvalue weighted by Crippen LogP contribution is -2.18. The Morgan fingerprint density at radius 3 is 2.81 bits per heavy atom. The van der Waals surface area contributed by atoms with E-state index < -0.39 is 10.0 Å². The van der Waals surface area contributed by atoms with Gasteiger partial charge in [0.25, 0.3) is 0 Å². The number of pyridine rings is 1. The number of nitrogens with zero attached hydrogens (tertiary/aromatic N) is 1. The van der Waals surface area contributed by atoms with E-state index in [0.717, 1.165) is 0 Å². The summed E-state index contributed by atoms with van der Waals surface area (Å²) in [6.45, 7) is 1.78. The van der Waals surface area contributed by atoms with Crippen LogP contribution >= 0.6 is 22.9 Å². The van der Waals surface area contributed by atoms with E-state index in [1.807, 2.05) is 0 Å². The first-order valence-corrected chi connectivity index (χ1v) is 7.17. The molecule has 2 rings (SSSR count). The van der Waals surface area contributed by atoms with E-state index in [1.54, 1.807) is 18.4 Å². The topological polar surface area (TPSA) is 59.1 Å². The number of hydrogen-bond donors (Lipinski definition) is 1. The van der Waals surface area contributed by atoms with Crippen LogP contribution in [0.5, 0.6) is 0 Å². The third-order valence-corrected chi connectivity index (χ3v) is 5.12. The predicted molar refractivity (Wildman–Crippen MR) is 65.6 cm³/mol. The first-order chi connectivity index (χ1) is 7.45. The van der Waals surface area contributed by atoms with Crippen molar-refractivity contribution in [2.75, 3.05) is 7.05 Å². The quantitative estimate of drug-likeness (QED) is 0.914. The average molecular weight is 277 g/mol. The fourth-order valence-corrected chi connectivity index (χ4v) is 3.86. The lowest BCUT2D eigenvalue weighted by Gasteiger charge is -2.01. The van der Waals surface area contributed by atoms with E-state index in [4.69, 9.17) is 11.6 Å². The van der Waals surface area contributed by atoms with Crippen molar-refractivity contribution in [1.29, 1.82) is 0 Å². The molecular formula is C9H9ClN2O2S2. The van der Waals surface area contributed by atoms with E-state index >= 15 is 0 Å². The van der Waals surface area contributed by atoms with Gasteiger partial charge in [0.15, 0.2) is 0 Å². The molecule has 1 N–H and O–H groups in total. The van der Waals surface area contributed by atoms with Crippen LogP contribution in [0, 0.1) is 6.92 Å². The van der Waals surface area contributed by atoms with Crippen molar-refractivity contribution in [1.82, 2.24) is 9.71 Å². The maximum atomic E-state index is 11.7. The highest BCUT2D eigenvalue weighted by Gasteiger charge is 2.19. The molecule has 0 aliphatic heterocycles. The third kappa shape index (κ3) is 1.82. The molecule has 0 spiro atoms. The molecule has 0 aliphatic carbocycles. The molecule has 0 saturated heterocycles. The molecule has 2 aromatic rings. The van der Waals surface area contributed by atoms with Crippen molar-refractivity contribution in [3.05, 3.63) is 22.2 Å². The molecule has 0 amide bonds. The van der Waals surface area contributed by atoms with Crippen LogP contribution in [0.25, 0.3) is 10.2 Å². The van der Waals surface area contributed by atoms with Crippen LogP contribution in [0.15, 0.2) is 16.3 Å². The number of hydrogen-bond acceptors (Lipinski definition) is 4. The Hall–Kier alpha value is -0.690. The second-order valence-electron chi connectivity index (χ2n) is 3.23. The fourth-order valence-electron chi connectivity index (χ4n) is 1.37. The molecule has 16 heavy (non-hydrogen) atoms. The molecule has 0 atom stereocenters. The van der Waals surface area contributed by atoms with E-state index in [1.165, 1.54) is 18.4 Å². The summed E-state index contributed by atoms with van der Waals surface area (Å²) in [5.74, 6) is 0. The van der Waals surface area contributed by atoms with Gasteiger partial charge in [0.05, 0.1) is 9.72 Å². The zero-order valence-corrected chi connectivity index (χ0v) is 11.0. The minimum Gasteiger partial charge on any atom is -0.251 e. The number of rotatable bonds is 2. The van der Waals surface area contributed by atoms with Crippen LogP contribution in [0.1, 0.15) is 5.69 Å². The SMILES string of the molecule is CNS(=O)(=O)c1csc2c(Cl)cc(C)nc12. The minimum atomic E-state index is -3.48. The molecule has 2 heterocycles. The Morgan fingerprint density at radius 1 is 1.50 bits per heavy atom. The van der Waals surface area contributed by atoms with Crippen LogP contribution in [0.3, 0.4) is 0 Å². The second-order valence-corrected chi connectivity index (χ2v) is 6.37. The zero-order chi connectivity index (χ0) is 11.9. The Balaban J connectivity index is 2.85. The Kier molecular flexibility index (Phi) is 2.91. The zero-order valence-electron chi connectivity index (χ0n) is 8.61. The number of fused-ring (bicyclic) bond motifs is 1. The summed E-state index contributed by atoms with van der Waals surface area (Å²) in [4.78, 5) is 4.40. The Labute approximate surface area is 102 Å². The molecule has 0 bridgehead atoms. The fraction of sp³-hybridized carbons (Fsp3) is 0.222. The van der Waals surface area contributed by atoms with Gasteiger partial charge in [-0.15, -0.1) is 11.3 Å².